The van der Waals surface area contributed by atoms with E-state index in [1.54, 1.807) is 12.1 Å². The van der Waals surface area contributed by atoms with Crippen LogP contribution in [-0.2, 0) is 4.79 Å². The fourth-order valence-electron chi connectivity index (χ4n) is 3.16. The van der Waals surface area contributed by atoms with Crippen LogP contribution >= 0.6 is 0 Å². The van der Waals surface area contributed by atoms with Crippen molar-refractivity contribution in [2.75, 3.05) is 13.1 Å². The summed E-state index contributed by atoms with van der Waals surface area (Å²) in [7, 11) is 0. The van der Waals surface area contributed by atoms with Crippen molar-refractivity contribution in [1.29, 1.82) is 0 Å². The number of nitrogens with one attached hydrogen (secondary N) is 2. The summed E-state index contributed by atoms with van der Waals surface area (Å²) in [6, 6.07) is 6.24. The first-order valence-electron chi connectivity index (χ1n) is 7.84. The topological polar surface area (TPSA) is 41.1 Å². The van der Waals surface area contributed by atoms with E-state index in [2.05, 4.69) is 17.6 Å². The van der Waals surface area contributed by atoms with Gasteiger partial charge in [0.15, 0.2) is 0 Å². The summed E-state index contributed by atoms with van der Waals surface area (Å²) in [5.41, 5.74) is 0.694. The fraction of sp³-hybridized carbons (Fsp3) is 0.588. The molecule has 0 aromatic heterocycles. The van der Waals surface area contributed by atoms with Gasteiger partial charge >= 0.3 is 0 Å². The van der Waals surface area contributed by atoms with Crippen LogP contribution in [0.1, 0.15) is 51.1 Å². The van der Waals surface area contributed by atoms with Gasteiger partial charge in [0.1, 0.15) is 5.82 Å². The first kappa shape index (κ1) is 16.0. The van der Waals surface area contributed by atoms with Gasteiger partial charge in [0.2, 0.25) is 5.91 Å². The first-order chi connectivity index (χ1) is 10.1. The number of piperidine rings is 1. The van der Waals surface area contributed by atoms with Gasteiger partial charge in [-0.25, -0.2) is 4.39 Å². The molecule has 0 radical (unpaired) electrons. The predicted molar refractivity (Wildman–Crippen MR) is 82.4 cm³/mol. The average molecular weight is 292 g/mol. The predicted octanol–water partition coefficient (Wildman–Crippen LogP) is 3.17. The van der Waals surface area contributed by atoms with Crippen molar-refractivity contribution in [1.82, 2.24) is 10.6 Å². The van der Waals surface area contributed by atoms with Crippen LogP contribution in [0.15, 0.2) is 24.3 Å². The minimum absolute atomic E-state index is 0.0956. The summed E-state index contributed by atoms with van der Waals surface area (Å²) in [6.07, 6.45) is 3.72. The maximum atomic E-state index is 13.0. The third-order valence-electron chi connectivity index (χ3n) is 4.49. The second-order valence-electron chi connectivity index (χ2n) is 6.03. The second-order valence-corrected chi connectivity index (χ2v) is 6.03. The number of hydrogen-bond donors (Lipinski definition) is 2. The summed E-state index contributed by atoms with van der Waals surface area (Å²) in [5, 5.41) is 6.44. The molecule has 1 aliphatic heterocycles. The van der Waals surface area contributed by atoms with Gasteiger partial charge in [-0.3, -0.25) is 4.79 Å². The van der Waals surface area contributed by atoms with E-state index in [-0.39, 0.29) is 23.2 Å². The van der Waals surface area contributed by atoms with Crippen LogP contribution in [0.25, 0.3) is 0 Å². The molecule has 1 fully saturated rings. The summed E-state index contributed by atoms with van der Waals surface area (Å²) >= 11 is 0. The Balaban J connectivity index is 2.05. The average Bonchev–Trinajstić information content (AvgIpc) is 2.49. The highest BCUT2D eigenvalue weighted by Gasteiger charge is 2.38. The van der Waals surface area contributed by atoms with Crippen LogP contribution in [0.4, 0.5) is 4.39 Å². The van der Waals surface area contributed by atoms with E-state index in [1.807, 2.05) is 6.92 Å². The third kappa shape index (κ3) is 3.82. The van der Waals surface area contributed by atoms with Crippen LogP contribution in [0.3, 0.4) is 0 Å². The Morgan fingerprint density at radius 1 is 1.33 bits per heavy atom. The van der Waals surface area contributed by atoms with E-state index in [4.69, 9.17) is 0 Å². The molecule has 4 heteroatoms. The molecule has 0 spiro atoms. The number of hydrogen-bond acceptors (Lipinski definition) is 2. The maximum Gasteiger partial charge on any atom is 0.226 e. The lowest BCUT2D eigenvalue weighted by molar-refractivity contribution is -0.133. The van der Waals surface area contributed by atoms with Crippen molar-refractivity contribution in [2.24, 2.45) is 5.41 Å². The molecule has 0 unspecified atom stereocenters. The number of benzene rings is 1. The zero-order valence-corrected chi connectivity index (χ0v) is 12.9. The molecule has 116 valence electrons. The number of halogens is 1. The van der Waals surface area contributed by atoms with E-state index < -0.39 is 0 Å². The van der Waals surface area contributed by atoms with E-state index in [9.17, 15) is 9.18 Å². The number of carbonyl (C=O) groups is 1. The summed E-state index contributed by atoms with van der Waals surface area (Å²) < 4.78 is 13.0. The molecule has 1 aliphatic rings. The van der Waals surface area contributed by atoms with E-state index >= 15 is 0 Å². The Morgan fingerprint density at radius 2 is 1.95 bits per heavy atom. The molecule has 1 atom stereocenters. The van der Waals surface area contributed by atoms with Gasteiger partial charge in [0.25, 0.3) is 0 Å². The Kier molecular flexibility index (Phi) is 5.34. The van der Waals surface area contributed by atoms with Crippen LogP contribution < -0.4 is 10.6 Å². The Hall–Kier alpha value is -1.42. The smallest absolute Gasteiger partial charge is 0.226 e. The number of amides is 1. The van der Waals surface area contributed by atoms with Crippen molar-refractivity contribution < 1.29 is 9.18 Å². The quantitative estimate of drug-likeness (QED) is 0.875. The summed E-state index contributed by atoms with van der Waals surface area (Å²) in [4.78, 5) is 12.7. The number of carbonyl (C=O) groups excluding carboxylic acids is 1. The van der Waals surface area contributed by atoms with Crippen LogP contribution in [0, 0.1) is 11.2 Å². The molecule has 0 saturated carbocycles. The minimum Gasteiger partial charge on any atom is -0.349 e. The van der Waals surface area contributed by atoms with Gasteiger partial charge < -0.3 is 10.6 Å². The summed E-state index contributed by atoms with van der Waals surface area (Å²) in [5.74, 6) is -0.110. The molecule has 21 heavy (non-hydrogen) atoms. The lowest BCUT2D eigenvalue weighted by atomic mass is 9.74. The van der Waals surface area contributed by atoms with Crippen LogP contribution in [0.2, 0.25) is 0 Å². The fourth-order valence-corrected chi connectivity index (χ4v) is 3.16. The Labute approximate surface area is 126 Å². The van der Waals surface area contributed by atoms with Crippen LogP contribution in [-0.4, -0.2) is 19.0 Å². The molecule has 1 aromatic carbocycles. The van der Waals surface area contributed by atoms with Gasteiger partial charge in [-0.15, -0.1) is 0 Å². The second kappa shape index (κ2) is 7.03. The normalized spacial score (nSPS) is 19.0. The van der Waals surface area contributed by atoms with E-state index in [0.29, 0.717) is 0 Å². The highest BCUT2D eigenvalue weighted by Crippen LogP contribution is 2.35. The SMILES string of the molecule is CCCC1(C(=O)N[C@H](C)c2ccc(F)cc2)CCNCC1. The molecular weight excluding hydrogens is 267 g/mol. The maximum absolute atomic E-state index is 13.0. The van der Waals surface area contributed by atoms with Gasteiger partial charge in [0, 0.05) is 0 Å². The molecule has 1 amide bonds. The first-order valence-corrected chi connectivity index (χ1v) is 7.84. The van der Waals surface area contributed by atoms with E-state index in [0.717, 1.165) is 44.3 Å². The molecule has 2 rings (SSSR count). The standard InChI is InChI=1S/C17H25FN2O/c1-3-8-17(9-11-19-12-10-17)16(21)20-13(2)14-4-6-15(18)7-5-14/h4-7,13,19H,3,8-12H2,1-2H3,(H,20,21)/t13-/m1/s1. The van der Waals surface area contributed by atoms with Crippen molar-refractivity contribution in [3.63, 3.8) is 0 Å². The zero-order chi connectivity index (χ0) is 15.3. The molecule has 1 saturated heterocycles. The van der Waals surface area contributed by atoms with Gasteiger partial charge in [-0.1, -0.05) is 25.5 Å². The highest BCUT2D eigenvalue weighted by atomic mass is 19.1. The summed E-state index contributed by atoms with van der Waals surface area (Å²) in [6.45, 7) is 5.88. The Morgan fingerprint density at radius 3 is 2.52 bits per heavy atom. The van der Waals surface area contributed by atoms with Gasteiger partial charge in [-0.05, 0) is 57.0 Å². The van der Waals surface area contributed by atoms with Gasteiger partial charge in [0.05, 0.1) is 11.5 Å². The largest absolute Gasteiger partial charge is 0.349 e. The molecular formula is C17H25FN2O. The van der Waals surface area contributed by atoms with Crippen molar-refractivity contribution in [2.45, 2.75) is 45.6 Å². The molecule has 1 heterocycles. The molecule has 2 N–H and O–H groups in total. The van der Waals surface area contributed by atoms with Crippen molar-refractivity contribution in [3.8, 4) is 0 Å². The number of rotatable bonds is 5. The minimum atomic E-state index is -0.252. The molecule has 3 nitrogen and oxygen atoms in total. The highest BCUT2D eigenvalue weighted by molar-refractivity contribution is 5.83. The van der Waals surface area contributed by atoms with Crippen LogP contribution in [0.5, 0.6) is 0 Å². The molecule has 0 aliphatic carbocycles. The third-order valence-corrected chi connectivity index (χ3v) is 4.49. The van der Waals surface area contributed by atoms with Crippen molar-refractivity contribution >= 4 is 5.91 Å². The lowest BCUT2D eigenvalue weighted by Crippen LogP contribution is -2.48. The van der Waals surface area contributed by atoms with Gasteiger partial charge in [-0.2, -0.15) is 0 Å². The van der Waals surface area contributed by atoms with Crippen molar-refractivity contribution in [3.05, 3.63) is 35.6 Å². The lowest BCUT2D eigenvalue weighted by Gasteiger charge is -2.37. The Bertz CT molecular complexity index is 461. The zero-order valence-electron chi connectivity index (χ0n) is 12.9. The van der Waals surface area contributed by atoms with E-state index in [1.165, 1.54) is 12.1 Å². The molecule has 1 aromatic rings. The monoisotopic (exact) mass is 292 g/mol. The molecule has 0 bridgehead atoms.